The van der Waals surface area contributed by atoms with Gasteiger partial charge in [0.1, 0.15) is 0 Å². The minimum absolute atomic E-state index is 1.37. The molecule has 0 unspecified atom stereocenters. The van der Waals surface area contributed by atoms with E-state index in [-0.39, 0.29) is 0 Å². The third kappa shape index (κ3) is 3.39. The molecule has 2 aliphatic rings. The van der Waals surface area contributed by atoms with E-state index in [4.69, 9.17) is 0 Å². The van der Waals surface area contributed by atoms with Crippen LogP contribution in [-0.4, -0.2) is 8.07 Å². The summed E-state index contributed by atoms with van der Waals surface area (Å²) < 4.78 is 11.0. The van der Waals surface area contributed by atoms with E-state index in [2.05, 4.69) is 146 Å². The highest BCUT2D eigenvalue weighted by Gasteiger charge is 2.55. The highest BCUT2D eigenvalue weighted by atomic mass is 32.1. The molecule has 2 aliphatic heterocycles. The maximum atomic E-state index is 2.66. The van der Waals surface area contributed by atoms with Crippen molar-refractivity contribution in [3.63, 3.8) is 0 Å². The average Bonchev–Trinajstić information content (AvgIpc) is 4.02. The molecule has 1 spiro atoms. The lowest BCUT2D eigenvalue weighted by molar-refractivity contribution is 1.83. The van der Waals surface area contributed by atoms with Crippen LogP contribution in [0.4, 0.5) is 0 Å². The Morgan fingerprint density at radius 3 is 0.755 bits per heavy atom. The minimum Gasteiger partial charge on any atom is -0.135 e. The highest BCUT2D eigenvalue weighted by Crippen LogP contribution is 2.47. The van der Waals surface area contributed by atoms with Crippen LogP contribution in [0, 0.1) is 0 Å². The quantitative estimate of drug-likeness (QED) is 0.135. The molecule has 0 atom stereocenters. The predicted molar refractivity (Wildman–Crippen MR) is 240 cm³/mol. The zero-order valence-corrected chi connectivity index (χ0v) is 32.3. The first-order chi connectivity index (χ1) is 26.2. The van der Waals surface area contributed by atoms with Crippen LogP contribution >= 0.6 is 45.3 Å². The second-order valence-corrected chi connectivity index (χ2v) is 22.7. The van der Waals surface area contributed by atoms with Gasteiger partial charge < -0.3 is 0 Å². The van der Waals surface area contributed by atoms with Gasteiger partial charge in [-0.3, -0.25) is 0 Å². The van der Waals surface area contributed by atoms with Crippen LogP contribution in [0.2, 0.25) is 0 Å². The van der Waals surface area contributed by atoms with Crippen molar-refractivity contribution in [2.75, 3.05) is 0 Å². The van der Waals surface area contributed by atoms with Crippen LogP contribution in [0.5, 0.6) is 0 Å². The van der Waals surface area contributed by atoms with Gasteiger partial charge in [0.05, 0.1) is 0 Å². The summed E-state index contributed by atoms with van der Waals surface area (Å²) in [5.41, 5.74) is 5.76. The van der Waals surface area contributed by atoms with Crippen molar-refractivity contribution in [3.8, 4) is 22.3 Å². The summed E-state index contributed by atoms with van der Waals surface area (Å²) >= 11 is 7.77. The molecule has 0 N–H and O–H groups in total. The van der Waals surface area contributed by atoms with Gasteiger partial charge in [-0.15, -0.1) is 45.3 Å². The second-order valence-electron chi connectivity index (χ2n) is 14.7. The Morgan fingerprint density at radius 2 is 0.491 bits per heavy atom. The summed E-state index contributed by atoms with van der Waals surface area (Å²) in [6.45, 7) is 0. The molecule has 0 aliphatic carbocycles. The van der Waals surface area contributed by atoms with E-state index >= 15 is 0 Å². The van der Waals surface area contributed by atoms with Crippen LogP contribution in [0.25, 0.3) is 103 Å². The first-order valence-corrected chi connectivity index (χ1v) is 23.3. The van der Waals surface area contributed by atoms with Gasteiger partial charge in [-0.1, -0.05) is 97.1 Å². The Labute approximate surface area is 320 Å². The molecule has 0 bridgehead atoms. The maximum Gasteiger partial charge on any atom is 0.182 e. The average molecular weight is 757 g/mol. The number of hydrogen-bond donors (Lipinski definition) is 0. The Bertz CT molecular complexity index is 3160. The number of fused-ring (bicyclic) bond motifs is 22. The van der Waals surface area contributed by atoms with Crippen LogP contribution in [0.1, 0.15) is 0 Å². The molecule has 244 valence electrons. The fourth-order valence-corrected chi connectivity index (χ4v) is 20.2. The first-order valence-electron chi connectivity index (χ1n) is 18.1. The molecular weight excluding hydrogens is 733 g/mol. The molecule has 12 aromatic rings. The number of hydrogen-bond acceptors (Lipinski definition) is 4. The van der Waals surface area contributed by atoms with E-state index in [1.165, 1.54) is 103 Å². The van der Waals surface area contributed by atoms with Gasteiger partial charge in [-0.2, -0.15) is 0 Å². The van der Waals surface area contributed by atoms with Crippen molar-refractivity contribution in [1.82, 2.24) is 0 Å². The number of thiophene rings is 4. The van der Waals surface area contributed by atoms with Crippen molar-refractivity contribution in [2.24, 2.45) is 0 Å². The monoisotopic (exact) mass is 756 g/mol. The molecular formula is C48H24S4Si. The largest absolute Gasteiger partial charge is 0.182 e. The lowest BCUT2D eigenvalue weighted by atomic mass is 10.0. The third-order valence-electron chi connectivity index (χ3n) is 12.3. The van der Waals surface area contributed by atoms with Gasteiger partial charge in [0.15, 0.2) is 8.07 Å². The molecule has 14 rings (SSSR count). The summed E-state index contributed by atoms with van der Waals surface area (Å²) in [5, 5.41) is 17.3. The summed E-state index contributed by atoms with van der Waals surface area (Å²) in [7, 11) is -2.85. The van der Waals surface area contributed by atoms with Gasteiger partial charge in [0.25, 0.3) is 0 Å². The van der Waals surface area contributed by atoms with Crippen LogP contribution in [-0.2, 0) is 0 Å². The first kappa shape index (κ1) is 28.4. The number of rotatable bonds is 0. The molecule has 0 fully saturated rings. The van der Waals surface area contributed by atoms with E-state index in [0.29, 0.717) is 0 Å². The molecule has 0 amide bonds. The van der Waals surface area contributed by atoms with Crippen molar-refractivity contribution < 1.29 is 0 Å². The van der Waals surface area contributed by atoms with Crippen LogP contribution in [0.15, 0.2) is 146 Å². The highest BCUT2D eigenvalue weighted by molar-refractivity contribution is 7.29. The molecule has 5 heteroatoms. The van der Waals surface area contributed by atoms with Crippen molar-refractivity contribution in [3.05, 3.63) is 146 Å². The predicted octanol–water partition coefficient (Wildman–Crippen LogP) is 12.5. The minimum atomic E-state index is -2.85. The Hall–Kier alpha value is -5.14. The third-order valence-corrected chi connectivity index (χ3v) is 21.7. The Morgan fingerprint density at radius 1 is 0.245 bits per heavy atom. The fraction of sp³-hybridized carbons (Fsp3) is 0. The summed E-state index contributed by atoms with van der Waals surface area (Å²) in [6, 6.07) is 57.0. The standard InChI is InChI=1S/C48H24S4Si/c1-5-13-37-25(9-1)29-21-45-33(17-41(29)49-37)34-18-42-30(26-10-2-6-14-38(26)50-42)22-46(34)53(45)47-23-31-27-11-3-7-15-39(27)51-43(31)19-35(47)36-20-44-32(24-48(36)53)28-12-4-8-16-40(28)52-44/h1-24H. The second kappa shape index (κ2) is 9.69. The summed E-state index contributed by atoms with van der Waals surface area (Å²) in [5.74, 6) is 0. The normalized spacial score (nSPS) is 14.2. The van der Waals surface area contributed by atoms with Gasteiger partial charge in [0.2, 0.25) is 0 Å². The van der Waals surface area contributed by atoms with Crippen molar-refractivity contribution in [2.45, 2.75) is 0 Å². The van der Waals surface area contributed by atoms with E-state index < -0.39 is 8.07 Å². The molecule has 0 saturated heterocycles. The van der Waals surface area contributed by atoms with Gasteiger partial charge in [-0.25, -0.2) is 0 Å². The molecule has 4 aromatic heterocycles. The summed E-state index contributed by atoms with van der Waals surface area (Å²) in [6.07, 6.45) is 0. The lowest BCUT2D eigenvalue weighted by Crippen LogP contribution is -2.70. The smallest absolute Gasteiger partial charge is 0.135 e. The number of benzene rings is 8. The molecule has 0 nitrogen and oxygen atoms in total. The van der Waals surface area contributed by atoms with Crippen molar-refractivity contribution in [1.29, 1.82) is 0 Å². The molecule has 0 saturated carbocycles. The van der Waals surface area contributed by atoms with Gasteiger partial charge in [-0.05, 0) is 91.5 Å². The molecule has 6 heterocycles. The molecule has 53 heavy (non-hydrogen) atoms. The molecule has 0 radical (unpaired) electrons. The zero-order chi connectivity index (χ0) is 34.2. The zero-order valence-electron chi connectivity index (χ0n) is 28.0. The molecule has 8 aromatic carbocycles. The van der Waals surface area contributed by atoms with E-state index in [9.17, 15) is 0 Å². The SMILES string of the molecule is c1ccc2c(c1)sc1cc3c(cc12)[Si]1(c2cc4c(cc2-3)sc2ccccc24)c2cc3c(cc2-c2cc4sc5ccccc5c4cc21)sc1ccccc13. The summed E-state index contributed by atoms with van der Waals surface area (Å²) in [4.78, 5) is 0. The van der Waals surface area contributed by atoms with Crippen LogP contribution < -0.4 is 20.7 Å². The van der Waals surface area contributed by atoms with Crippen LogP contribution in [0.3, 0.4) is 0 Å². The fourth-order valence-electron chi connectivity index (χ4n) is 10.1. The Balaban J connectivity index is 1.23. The van der Waals surface area contributed by atoms with Crippen molar-refractivity contribution >= 4 is 155 Å². The lowest BCUT2D eigenvalue weighted by Gasteiger charge is -2.28. The van der Waals surface area contributed by atoms with E-state index in [0.717, 1.165) is 0 Å². The van der Waals surface area contributed by atoms with E-state index in [1.54, 1.807) is 20.7 Å². The maximum absolute atomic E-state index is 2.85. The van der Waals surface area contributed by atoms with Gasteiger partial charge in [0, 0.05) is 80.7 Å². The Kier molecular flexibility index (Phi) is 5.19. The van der Waals surface area contributed by atoms with Gasteiger partial charge >= 0.3 is 0 Å². The van der Waals surface area contributed by atoms with E-state index in [1.807, 2.05) is 45.3 Å². The topological polar surface area (TPSA) is 0 Å².